The van der Waals surface area contributed by atoms with E-state index in [-0.39, 0.29) is 11.8 Å². The Bertz CT molecular complexity index is 521. The van der Waals surface area contributed by atoms with Crippen molar-refractivity contribution >= 4 is 12.0 Å². The van der Waals surface area contributed by atoms with Gasteiger partial charge in [-0.15, -0.1) is 0 Å². The molecule has 1 rings (SSSR count). The Morgan fingerprint density at radius 1 is 1.12 bits per heavy atom. The monoisotopic (exact) mass is 334 g/mol. The summed E-state index contributed by atoms with van der Waals surface area (Å²) in [5.41, 5.74) is 0.578. The lowest BCUT2D eigenvalue weighted by molar-refractivity contribution is -0.123. The van der Waals surface area contributed by atoms with Crippen molar-refractivity contribution in [1.82, 2.24) is 10.6 Å². The van der Waals surface area contributed by atoms with Gasteiger partial charge >= 0.3 is 6.09 Å². The number of hydrogen-bond acceptors (Lipinski definition) is 3. The van der Waals surface area contributed by atoms with E-state index in [1.165, 1.54) is 5.56 Å². The zero-order valence-electron chi connectivity index (χ0n) is 15.4. The predicted molar refractivity (Wildman–Crippen MR) is 95.8 cm³/mol. The van der Waals surface area contributed by atoms with E-state index in [0.29, 0.717) is 13.0 Å². The number of carbonyl (C=O) groups excluding carboxylic acids is 2. The van der Waals surface area contributed by atoms with Crippen LogP contribution in [0.25, 0.3) is 0 Å². The normalized spacial score (nSPS) is 12.6. The Hall–Kier alpha value is -2.04. The largest absolute Gasteiger partial charge is 0.444 e. The molecule has 0 aliphatic rings. The summed E-state index contributed by atoms with van der Waals surface area (Å²) < 4.78 is 5.24. The average molecular weight is 334 g/mol. The van der Waals surface area contributed by atoms with Crippen molar-refractivity contribution in [3.8, 4) is 0 Å². The molecule has 0 aliphatic heterocycles. The molecule has 0 heterocycles. The topological polar surface area (TPSA) is 67.4 Å². The SMILES string of the molecule is CC(C)C[C@H](NC(=O)OC(C)(C)C)C(=O)NCCc1ccccc1. The lowest BCUT2D eigenvalue weighted by Gasteiger charge is -2.24. The highest BCUT2D eigenvalue weighted by atomic mass is 16.6. The van der Waals surface area contributed by atoms with E-state index in [1.54, 1.807) is 20.8 Å². The lowest BCUT2D eigenvalue weighted by Crippen LogP contribution is -2.49. The molecule has 2 N–H and O–H groups in total. The van der Waals surface area contributed by atoms with Crippen LogP contribution in [-0.4, -0.2) is 30.2 Å². The van der Waals surface area contributed by atoms with Gasteiger partial charge in [0, 0.05) is 6.54 Å². The number of carbonyl (C=O) groups is 2. The van der Waals surface area contributed by atoms with E-state index in [0.717, 1.165) is 6.42 Å². The van der Waals surface area contributed by atoms with Crippen LogP contribution in [0.5, 0.6) is 0 Å². The van der Waals surface area contributed by atoms with Gasteiger partial charge in [0.05, 0.1) is 0 Å². The van der Waals surface area contributed by atoms with Crippen LogP contribution >= 0.6 is 0 Å². The molecule has 5 nitrogen and oxygen atoms in total. The van der Waals surface area contributed by atoms with Crippen LogP contribution < -0.4 is 10.6 Å². The minimum Gasteiger partial charge on any atom is -0.444 e. The van der Waals surface area contributed by atoms with Crippen molar-refractivity contribution in [2.75, 3.05) is 6.54 Å². The van der Waals surface area contributed by atoms with Crippen LogP contribution in [0.4, 0.5) is 4.79 Å². The maximum atomic E-state index is 12.4. The van der Waals surface area contributed by atoms with Gasteiger partial charge in [0.2, 0.25) is 5.91 Å². The molecular formula is C19H30N2O3. The zero-order chi connectivity index (χ0) is 18.2. The molecule has 0 bridgehead atoms. The van der Waals surface area contributed by atoms with Crippen LogP contribution in [0.1, 0.15) is 46.6 Å². The van der Waals surface area contributed by atoms with E-state index in [4.69, 9.17) is 4.74 Å². The van der Waals surface area contributed by atoms with Gasteiger partial charge in [-0.3, -0.25) is 4.79 Å². The first kappa shape index (κ1) is 20.0. The Balaban J connectivity index is 2.53. The zero-order valence-corrected chi connectivity index (χ0v) is 15.4. The Morgan fingerprint density at radius 2 is 1.75 bits per heavy atom. The number of amides is 2. The third kappa shape index (κ3) is 8.56. The maximum Gasteiger partial charge on any atom is 0.408 e. The van der Waals surface area contributed by atoms with Crippen molar-refractivity contribution in [3.05, 3.63) is 35.9 Å². The minimum absolute atomic E-state index is 0.175. The summed E-state index contributed by atoms with van der Waals surface area (Å²) in [7, 11) is 0. The fourth-order valence-corrected chi connectivity index (χ4v) is 2.25. The molecule has 0 unspecified atom stereocenters. The number of nitrogens with one attached hydrogen (secondary N) is 2. The van der Waals surface area contributed by atoms with Crippen molar-refractivity contribution < 1.29 is 14.3 Å². The molecule has 0 saturated heterocycles. The maximum absolute atomic E-state index is 12.4. The molecule has 2 amide bonds. The van der Waals surface area contributed by atoms with Crippen LogP contribution in [0, 0.1) is 5.92 Å². The van der Waals surface area contributed by atoms with Crippen LogP contribution in [0.2, 0.25) is 0 Å². The molecule has 0 saturated carbocycles. The van der Waals surface area contributed by atoms with E-state index in [1.807, 2.05) is 44.2 Å². The van der Waals surface area contributed by atoms with Crippen molar-refractivity contribution in [1.29, 1.82) is 0 Å². The minimum atomic E-state index is -0.587. The van der Waals surface area contributed by atoms with Gasteiger partial charge in [-0.1, -0.05) is 44.2 Å². The average Bonchev–Trinajstić information content (AvgIpc) is 2.45. The van der Waals surface area contributed by atoms with E-state index >= 15 is 0 Å². The lowest BCUT2D eigenvalue weighted by atomic mass is 10.0. The Kier molecular flexibility index (Phi) is 7.75. The van der Waals surface area contributed by atoms with Gasteiger partial charge in [-0.2, -0.15) is 0 Å². The summed E-state index contributed by atoms with van der Waals surface area (Å²) in [6.07, 6.45) is 0.760. The second kappa shape index (κ2) is 9.30. The second-order valence-electron chi connectivity index (χ2n) is 7.35. The van der Waals surface area contributed by atoms with Crippen LogP contribution in [0.15, 0.2) is 30.3 Å². The van der Waals surface area contributed by atoms with Gasteiger partial charge < -0.3 is 15.4 Å². The third-order valence-electron chi connectivity index (χ3n) is 3.27. The standard InChI is InChI=1S/C19H30N2O3/c1-14(2)13-16(21-18(23)24-19(3,4)5)17(22)20-12-11-15-9-7-6-8-10-15/h6-10,14,16H,11-13H2,1-5H3,(H,20,22)(H,21,23)/t16-/m0/s1. The molecule has 0 spiro atoms. The quantitative estimate of drug-likeness (QED) is 0.804. The summed E-state index contributed by atoms with van der Waals surface area (Å²) in [6.45, 7) is 9.95. The number of hydrogen-bond donors (Lipinski definition) is 2. The molecule has 1 aromatic rings. The number of alkyl carbamates (subject to hydrolysis) is 1. The first-order valence-electron chi connectivity index (χ1n) is 8.48. The molecule has 0 aromatic heterocycles. The summed E-state index contributed by atoms with van der Waals surface area (Å²) in [5, 5.41) is 5.58. The first-order valence-corrected chi connectivity index (χ1v) is 8.48. The highest BCUT2D eigenvalue weighted by molar-refractivity contribution is 5.85. The summed E-state index contributed by atoms with van der Waals surface area (Å²) >= 11 is 0. The van der Waals surface area contributed by atoms with Gasteiger partial charge in [-0.25, -0.2) is 4.79 Å². The molecule has 24 heavy (non-hydrogen) atoms. The van der Waals surface area contributed by atoms with Crippen LogP contribution in [0.3, 0.4) is 0 Å². The summed E-state index contributed by atoms with van der Waals surface area (Å²) in [4.78, 5) is 24.3. The number of ether oxygens (including phenoxy) is 1. The van der Waals surface area contributed by atoms with Crippen LogP contribution in [-0.2, 0) is 16.0 Å². The second-order valence-corrected chi connectivity index (χ2v) is 7.35. The van der Waals surface area contributed by atoms with Crippen molar-refractivity contribution in [2.45, 2.75) is 59.1 Å². The molecule has 0 fully saturated rings. The van der Waals surface area contributed by atoms with E-state index < -0.39 is 17.7 Å². The van der Waals surface area contributed by atoms with Crippen molar-refractivity contribution in [2.24, 2.45) is 5.92 Å². The predicted octanol–water partition coefficient (Wildman–Crippen LogP) is 3.28. The number of benzene rings is 1. The van der Waals surface area contributed by atoms with Gasteiger partial charge in [-0.05, 0) is 45.1 Å². The van der Waals surface area contributed by atoms with Gasteiger partial charge in [0.15, 0.2) is 0 Å². The highest BCUT2D eigenvalue weighted by Crippen LogP contribution is 2.09. The molecule has 1 atom stereocenters. The fourth-order valence-electron chi connectivity index (χ4n) is 2.25. The molecule has 0 aliphatic carbocycles. The smallest absolute Gasteiger partial charge is 0.408 e. The first-order chi connectivity index (χ1) is 11.2. The molecular weight excluding hydrogens is 304 g/mol. The molecule has 134 valence electrons. The molecule has 5 heteroatoms. The van der Waals surface area contributed by atoms with Crippen molar-refractivity contribution in [3.63, 3.8) is 0 Å². The Morgan fingerprint density at radius 3 is 2.29 bits per heavy atom. The van der Waals surface area contributed by atoms with Gasteiger partial charge in [0.1, 0.15) is 11.6 Å². The number of rotatable bonds is 7. The summed E-state index contributed by atoms with van der Waals surface area (Å²) in [6, 6.07) is 9.38. The molecule has 1 aromatic carbocycles. The van der Waals surface area contributed by atoms with E-state index in [2.05, 4.69) is 10.6 Å². The Labute approximate surface area is 145 Å². The van der Waals surface area contributed by atoms with Gasteiger partial charge in [0.25, 0.3) is 0 Å². The third-order valence-corrected chi connectivity index (χ3v) is 3.27. The highest BCUT2D eigenvalue weighted by Gasteiger charge is 2.24. The van der Waals surface area contributed by atoms with E-state index in [9.17, 15) is 9.59 Å². The fraction of sp³-hybridized carbons (Fsp3) is 0.579. The molecule has 0 radical (unpaired) electrons. The summed E-state index contributed by atoms with van der Waals surface area (Å²) in [5.74, 6) is 0.107.